The van der Waals surface area contributed by atoms with Crippen molar-refractivity contribution < 1.29 is 5.21 Å². The first kappa shape index (κ1) is 8.25. The Bertz CT molecular complexity index is 410. The topological polar surface area (TPSA) is 74.1 Å². The van der Waals surface area contributed by atoms with Crippen LogP contribution in [0, 0.1) is 0 Å². The van der Waals surface area contributed by atoms with Gasteiger partial charge in [0.05, 0.1) is 0 Å². The molecule has 2 aromatic rings. The van der Waals surface area contributed by atoms with E-state index in [9.17, 15) is 0 Å². The maximum atomic E-state index is 8.63. The average Bonchev–Trinajstić information content (AvgIpc) is 2.63. The minimum Gasteiger partial charge on any atom is -0.361 e. The maximum Gasteiger partial charge on any atom is 0.104 e. The predicted octanol–water partition coefficient (Wildman–Crippen LogP) is 1.10. The number of benzene rings is 1. The van der Waals surface area contributed by atoms with E-state index in [1.54, 1.807) is 0 Å². The number of nitrogens with one attached hydrogen (secondary N) is 2. The molecule has 0 aliphatic heterocycles. The van der Waals surface area contributed by atoms with E-state index in [2.05, 4.69) is 4.98 Å². The van der Waals surface area contributed by atoms with Gasteiger partial charge in [-0.3, -0.25) is 0 Å². The van der Waals surface area contributed by atoms with Crippen LogP contribution in [-0.2, 0) is 0 Å². The van der Waals surface area contributed by atoms with Crippen LogP contribution in [0.3, 0.4) is 0 Å². The number of rotatable bonds is 2. The number of H-pyrrole nitrogens is 1. The first-order valence-electron chi connectivity index (χ1n) is 4.03. The van der Waals surface area contributed by atoms with Crippen LogP contribution < -0.4 is 11.2 Å². The normalized spacial score (nSPS) is 13.4. The Morgan fingerprint density at radius 1 is 1.38 bits per heavy atom. The number of hydrogen-bond acceptors (Lipinski definition) is 3. The van der Waals surface area contributed by atoms with Gasteiger partial charge < -0.3 is 15.9 Å². The minimum atomic E-state index is -0.535. The Labute approximate surface area is 75.3 Å². The van der Waals surface area contributed by atoms with E-state index in [0.717, 1.165) is 16.5 Å². The number of nitrogens with two attached hydrogens (primary N) is 1. The van der Waals surface area contributed by atoms with Gasteiger partial charge in [0.15, 0.2) is 0 Å². The fraction of sp³-hybridized carbons (Fsp3) is 0.111. The standard InChI is InChI=1S/C9H11N3O/c10-9(12-13)7-2-1-6-3-4-11-8(6)5-7/h1-5,9,11-13H,10H2. The molecule has 0 bridgehead atoms. The Morgan fingerprint density at radius 3 is 3.00 bits per heavy atom. The second kappa shape index (κ2) is 3.18. The van der Waals surface area contributed by atoms with Crippen LogP contribution in [0.4, 0.5) is 0 Å². The van der Waals surface area contributed by atoms with Crippen molar-refractivity contribution >= 4 is 10.9 Å². The summed E-state index contributed by atoms with van der Waals surface area (Å²) in [5.41, 5.74) is 9.44. The zero-order valence-corrected chi connectivity index (χ0v) is 6.99. The smallest absolute Gasteiger partial charge is 0.104 e. The third-order valence-corrected chi connectivity index (χ3v) is 2.08. The molecule has 0 aliphatic rings. The first-order valence-corrected chi connectivity index (χ1v) is 4.03. The summed E-state index contributed by atoms with van der Waals surface area (Å²) >= 11 is 0. The molecule has 2 rings (SSSR count). The molecule has 1 heterocycles. The van der Waals surface area contributed by atoms with Crippen LogP contribution in [0.2, 0.25) is 0 Å². The largest absolute Gasteiger partial charge is 0.361 e. The van der Waals surface area contributed by atoms with Crippen molar-refractivity contribution in [1.29, 1.82) is 0 Å². The van der Waals surface area contributed by atoms with E-state index in [-0.39, 0.29) is 0 Å². The van der Waals surface area contributed by atoms with Gasteiger partial charge in [0.1, 0.15) is 6.17 Å². The van der Waals surface area contributed by atoms with Gasteiger partial charge in [-0.1, -0.05) is 12.1 Å². The van der Waals surface area contributed by atoms with Crippen LogP contribution in [0.5, 0.6) is 0 Å². The van der Waals surface area contributed by atoms with E-state index in [0.29, 0.717) is 0 Å². The van der Waals surface area contributed by atoms with Crippen LogP contribution in [0.15, 0.2) is 30.5 Å². The van der Waals surface area contributed by atoms with Gasteiger partial charge in [0, 0.05) is 11.7 Å². The van der Waals surface area contributed by atoms with Crippen molar-refractivity contribution in [3.63, 3.8) is 0 Å². The van der Waals surface area contributed by atoms with Crippen molar-refractivity contribution in [1.82, 2.24) is 10.5 Å². The third kappa shape index (κ3) is 1.42. The van der Waals surface area contributed by atoms with Crippen LogP contribution in [-0.4, -0.2) is 10.2 Å². The van der Waals surface area contributed by atoms with Crippen molar-refractivity contribution in [2.24, 2.45) is 5.73 Å². The van der Waals surface area contributed by atoms with Gasteiger partial charge in [0.25, 0.3) is 0 Å². The van der Waals surface area contributed by atoms with Crippen LogP contribution in [0.25, 0.3) is 10.9 Å². The highest BCUT2D eigenvalue weighted by Gasteiger charge is 2.04. The lowest BCUT2D eigenvalue weighted by Crippen LogP contribution is -2.25. The number of hydrogen-bond donors (Lipinski definition) is 4. The Morgan fingerprint density at radius 2 is 2.23 bits per heavy atom. The Kier molecular flexibility index (Phi) is 2.02. The minimum absolute atomic E-state index is 0.535. The van der Waals surface area contributed by atoms with Crippen LogP contribution in [0.1, 0.15) is 11.7 Å². The maximum absolute atomic E-state index is 8.63. The molecule has 1 aromatic carbocycles. The molecule has 0 fully saturated rings. The summed E-state index contributed by atoms with van der Waals surface area (Å²) in [6.07, 6.45) is 1.33. The highest BCUT2D eigenvalue weighted by molar-refractivity contribution is 5.79. The summed E-state index contributed by atoms with van der Waals surface area (Å²) in [7, 11) is 0. The van der Waals surface area contributed by atoms with E-state index in [1.807, 2.05) is 35.9 Å². The molecule has 0 aliphatic carbocycles. The van der Waals surface area contributed by atoms with E-state index in [4.69, 9.17) is 10.9 Å². The van der Waals surface area contributed by atoms with Gasteiger partial charge in [-0.05, 0) is 23.1 Å². The third-order valence-electron chi connectivity index (χ3n) is 2.08. The van der Waals surface area contributed by atoms with Gasteiger partial charge in [-0.25, -0.2) is 0 Å². The molecular formula is C9H11N3O. The second-order valence-corrected chi connectivity index (χ2v) is 2.93. The fourth-order valence-electron chi connectivity index (χ4n) is 1.33. The van der Waals surface area contributed by atoms with E-state index in [1.165, 1.54) is 0 Å². The van der Waals surface area contributed by atoms with Gasteiger partial charge >= 0.3 is 0 Å². The molecule has 68 valence electrons. The molecule has 4 heteroatoms. The van der Waals surface area contributed by atoms with Crippen molar-refractivity contribution in [2.45, 2.75) is 6.17 Å². The summed E-state index contributed by atoms with van der Waals surface area (Å²) in [5.74, 6) is 0. The fourth-order valence-corrected chi connectivity index (χ4v) is 1.33. The molecule has 13 heavy (non-hydrogen) atoms. The van der Waals surface area contributed by atoms with Crippen molar-refractivity contribution in [3.05, 3.63) is 36.0 Å². The summed E-state index contributed by atoms with van der Waals surface area (Å²) in [4.78, 5) is 3.07. The van der Waals surface area contributed by atoms with Crippen LogP contribution >= 0.6 is 0 Å². The highest BCUT2D eigenvalue weighted by Crippen LogP contribution is 2.16. The summed E-state index contributed by atoms with van der Waals surface area (Å²) in [5, 5.41) is 9.76. The first-order chi connectivity index (χ1) is 6.31. The highest BCUT2D eigenvalue weighted by atomic mass is 16.5. The lowest BCUT2D eigenvalue weighted by Gasteiger charge is -2.08. The molecule has 4 nitrogen and oxygen atoms in total. The lowest BCUT2D eigenvalue weighted by atomic mass is 10.1. The Hall–Kier alpha value is -1.36. The number of hydroxylamine groups is 1. The average molecular weight is 177 g/mol. The molecule has 0 amide bonds. The van der Waals surface area contributed by atoms with Gasteiger partial charge in [-0.15, -0.1) is 0 Å². The van der Waals surface area contributed by atoms with Gasteiger partial charge in [0.2, 0.25) is 0 Å². The van der Waals surface area contributed by atoms with Gasteiger partial charge in [-0.2, -0.15) is 5.48 Å². The molecule has 1 atom stereocenters. The lowest BCUT2D eigenvalue weighted by molar-refractivity contribution is 0.128. The molecule has 0 spiro atoms. The summed E-state index contributed by atoms with van der Waals surface area (Å²) in [6.45, 7) is 0. The second-order valence-electron chi connectivity index (χ2n) is 2.93. The quantitative estimate of drug-likeness (QED) is 0.410. The Balaban J connectivity index is 2.48. The SMILES string of the molecule is NC(NO)c1ccc2cc[nH]c2c1. The predicted molar refractivity (Wildman–Crippen MR) is 50.1 cm³/mol. The number of aromatic nitrogens is 1. The molecule has 5 N–H and O–H groups in total. The van der Waals surface area contributed by atoms with Crippen molar-refractivity contribution in [3.8, 4) is 0 Å². The number of fused-ring (bicyclic) bond motifs is 1. The molecule has 1 unspecified atom stereocenters. The summed E-state index contributed by atoms with van der Waals surface area (Å²) < 4.78 is 0. The number of aromatic amines is 1. The van der Waals surface area contributed by atoms with Crippen molar-refractivity contribution in [2.75, 3.05) is 0 Å². The van der Waals surface area contributed by atoms with E-state index < -0.39 is 6.17 Å². The summed E-state index contributed by atoms with van der Waals surface area (Å²) in [6, 6.07) is 7.72. The molecular weight excluding hydrogens is 166 g/mol. The molecule has 0 radical (unpaired) electrons. The van der Waals surface area contributed by atoms with E-state index >= 15 is 0 Å². The molecule has 0 saturated carbocycles. The molecule has 0 saturated heterocycles. The monoisotopic (exact) mass is 177 g/mol. The zero-order valence-electron chi connectivity index (χ0n) is 6.99. The zero-order chi connectivity index (χ0) is 9.26. The molecule has 1 aromatic heterocycles.